The molecule has 1 aliphatic heterocycles. The average molecular weight is 704 g/mol. The van der Waals surface area contributed by atoms with Crippen LogP contribution in [0.15, 0.2) is 47.0 Å². The number of rotatable bonds is 8. The normalized spacial score (nSPS) is 20.1. The minimum atomic E-state index is -4.40. The minimum Gasteiger partial charge on any atom is -0.490 e. The van der Waals surface area contributed by atoms with Gasteiger partial charge in [-0.2, -0.15) is 13.2 Å². The van der Waals surface area contributed by atoms with Gasteiger partial charge in [0.05, 0.1) is 36.0 Å². The molecule has 2 aromatic carbocycles. The van der Waals surface area contributed by atoms with Crippen molar-refractivity contribution in [2.45, 2.75) is 84.9 Å². The lowest BCUT2D eigenvalue weighted by atomic mass is 10.0. The smallest absolute Gasteiger partial charge is 0.416 e. The number of carbonyl (C=O) groups excluding carboxylic acids is 2. The Bertz CT molecular complexity index is 1560. The lowest BCUT2D eigenvalue weighted by molar-refractivity contribution is -0.137. The van der Waals surface area contributed by atoms with Crippen LogP contribution in [0.25, 0.3) is 0 Å². The number of carbonyl (C=O) groups is 2. The summed E-state index contributed by atoms with van der Waals surface area (Å²) in [5.41, 5.74) is 1.60. The zero-order valence-electron chi connectivity index (χ0n) is 29.5. The molecule has 274 valence electrons. The molecule has 1 aliphatic rings. The van der Waals surface area contributed by atoms with E-state index in [1.807, 2.05) is 25.8 Å². The summed E-state index contributed by atoms with van der Waals surface area (Å²) in [6.07, 6.45) is -2.63. The van der Waals surface area contributed by atoms with Crippen LogP contribution in [-0.4, -0.2) is 83.6 Å². The summed E-state index contributed by atoms with van der Waals surface area (Å²) in [5, 5.41) is 19.6. The number of fused-ring (bicyclic) bond motifs is 1. The molecule has 14 heteroatoms. The third-order valence-corrected chi connectivity index (χ3v) is 8.81. The van der Waals surface area contributed by atoms with Gasteiger partial charge in [-0.1, -0.05) is 24.2 Å². The van der Waals surface area contributed by atoms with Crippen molar-refractivity contribution in [3.63, 3.8) is 0 Å². The number of aliphatic hydroxyl groups excluding tert-OH is 1. The molecule has 0 unspecified atom stereocenters. The first kappa shape index (κ1) is 38.7. The number of ether oxygens (including phenoxy) is 2. The molecule has 4 rings (SSSR count). The molecule has 0 bridgehead atoms. The van der Waals surface area contributed by atoms with Crippen LogP contribution >= 0.6 is 0 Å². The first-order valence-corrected chi connectivity index (χ1v) is 16.9. The molecule has 2 heterocycles. The summed E-state index contributed by atoms with van der Waals surface area (Å²) in [6.45, 7) is 10.3. The average Bonchev–Trinajstić information content (AvgIpc) is 3.37. The predicted octanol–water partition coefficient (Wildman–Crippen LogP) is 6.88. The highest BCUT2D eigenvalue weighted by Crippen LogP contribution is 2.31. The SMILES string of the molecule is Cc1noc(C)c1NC(=O)Nc1ccc2c(c1)C(=O)N([C@@H](C)CO)C[C@H](C)[C@H](CN(C)Cc1ccc(C(F)(F)F)cc1)OCCCC[C@@H](C)O2. The second kappa shape index (κ2) is 17.2. The van der Waals surface area contributed by atoms with Crippen LogP contribution < -0.4 is 15.4 Å². The number of likely N-dealkylation sites (N-methyl/N-ethyl adjacent to an activating group) is 1. The van der Waals surface area contributed by atoms with E-state index >= 15 is 0 Å². The van der Waals surface area contributed by atoms with Crippen LogP contribution in [0.5, 0.6) is 5.75 Å². The molecular weight excluding hydrogens is 655 g/mol. The van der Waals surface area contributed by atoms with E-state index in [2.05, 4.69) is 15.8 Å². The van der Waals surface area contributed by atoms with Gasteiger partial charge in [-0.05, 0) is 89.9 Å². The van der Waals surface area contributed by atoms with Crippen molar-refractivity contribution in [2.75, 3.05) is 44.0 Å². The summed E-state index contributed by atoms with van der Waals surface area (Å²) in [4.78, 5) is 30.8. The number of nitrogens with zero attached hydrogens (tertiary/aromatic N) is 3. The van der Waals surface area contributed by atoms with Crippen LogP contribution in [0.4, 0.5) is 29.3 Å². The van der Waals surface area contributed by atoms with Crippen molar-refractivity contribution in [2.24, 2.45) is 5.92 Å². The molecule has 0 aliphatic carbocycles. The molecule has 0 fully saturated rings. The Labute approximate surface area is 291 Å². The van der Waals surface area contributed by atoms with Crippen molar-refractivity contribution in [1.29, 1.82) is 0 Å². The number of halogens is 3. The highest BCUT2D eigenvalue weighted by molar-refractivity contribution is 6.03. The Hall–Kier alpha value is -4.14. The fraction of sp³-hybridized carbons (Fsp3) is 0.528. The van der Waals surface area contributed by atoms with Crippen molar-refractivity contribution in [3.8, 4) is 5.75 Å². The second-order valence-electron chi connectivity index (χ2n) is 13.2. The van der Waals surface area contributed by atoms with Gasteiger partial charge in [0.2, 0.25) is 0 Å². The fourth-order valence-corrected chi connectivity index (χ4v) is 5.88. The van der Waals surface area contributed by atoms with Crippen molar-refractivity contribution >= 4 is 23.3 Å². The number of aryl methyl sites for hydroxylation is 2. The zero-order chi connectivity index (χ0) is 36.6. The zero-order valence-corrected chi connectivity index (χ0v) is 29.5. The van der Waals surface area contributed by atoms with Crippen molar-refractivity contribution in [1.82, 2.24) is 15.0 Å². The Kier molecular flexibility index (Phi) is 13.3. The maximum Gasteiger partial charge on any atom is 0.416 e. The number of anilines is 2. The Morgan fingerprint density at radius 2 is 1.84 bits per heavy atom. The molecule has 0 spiro atoms. The van der Waals surface area contributed by atoms with Gasteiger partial charge < -0.3 is 34.6 Å². The lowest BCUT2D eigenvalue weighted by Gasteiger charge is -2.36. The van der Waals surface area contributed by atoms with Crippen LogP contribution in [0.1, 0.15) is 73.0 Å². The predicted molar refractivity (Wildman–Crippen MR) is 183 cm³/mol. The largest absolute Gasteiger partial charge is 0.490 e. The van der Waals surface area contributed by atoms with E-state index < -0.39 is 23.8 Å². The van der Waals surface area contributed by atoms with E-state index in [-0.39, 0.29) is 42.7 Å². The van der Waals surface area contributed by atoms with Gasteiger partial charge >= 0.3 is 12.2 Å². The second-order valence-corrected chi connectivity index (χ2v) is 13.2. The highest BCUT2D eigenvalue weighted by atomic mass is 19.4. The van der Waals surface area contributed by atoms with Crippen LogP contribution in [0.2, 0.25) is 0 Å². The minimum absolute atomic E-state index is 0.198. The molecule has 3 aromatic rings. The third-order valence-electron chi connectivity index (χ3n) is 8.81. The summed E-state index contributed by atoms with van der Waals surface area (Å²) in [6, 6.07) is 8.90. The van der Waals surface area contributed by atoms with Crippen LogP contribution in [0.3, 0.4) is 0 Å². The number of nitrogens with one attached hydrogen (secondary N) is 2. The van der Waals surface area contributed by atoms with Gasteiger partial charge in [0.15, 0.2) is 5.76 Å². The number of benzene rings is 2. The van der Waals surface area contributed by atoms with Crippen LogP contribution in [0, 0.1) is 19.8 Å². The molecule has 11 nitrogen and oxygen atoms in total. The molecule has 0 saturated carbocycles. The van der Waals surface area contributed by atoms with Crippen molar-refractivity contribution < 1.29 is 41.9 Å². The number of urea groups is 1. The Morgan fingerprint density at radius 1 is 1.12 bits per heavy atom. The molecule has 4 atom stereocenters. The molecule has 3 N–H and O–H groups in total. The van der Waals surface area contributed by atoms with Gasteiger partial charge in [-0.3, -0.25) is 9.69 Å². The Balaban J connectivity index is 1.57. The number of hydrogen-bond acceptors (Lipinski definition) is 8. The first-order chi connectivity index (χ1) is 23.7. The maximum atomic E-state index is 14.4. The quantitative estimate of drug-likeness (QED) is 0.232. The van der Waals surface area contributed by atoms with Gasteiger partial charge in [0, 0.05) is 37.8 Å². The number of amides is 3. The number of alkyl halides is 3. The molecule has 3 amide bonds. The van der Waals surface area contributed by atoms with E-state index in [0.29, 0.717) is 54.7 Å². The first-order valence-electron chi connectivity index (χ1n) is 16.9. The number of aromatic nitrogens is 1. The molecular formula is C36H48F3N5O6. The van der Waals surface area contributed by atoms with Gasteiger partial charge in [-0.15, -0.1) is 0 Å². The van der Waals surface area contributed by atoms with Crippen molar-refractivity contribution in [3.05, 3.63) is 70.6 Å². The molecule has 0 radical (unpaired) electrons. The third kappa shape index (κ3) is 10.4. The standard InChI is InChI=1S/C36H48F3N5O6/c1-22-18-44(23(2)21-45)34(46)30-17-29(40-35(47)41-33-25(4)42-50-26(33)5)14-15-31(30)49-24(3)9-7-8-16-48-32(22)20-43(6)19-27-10-12-28(13-11-27)36(37,38)39/h10-15,17,22-24,32,45H,7-9,16,18-21H2,1-6H3,(H2,40,41,47)/t22-,23-,24+,32-/m0/s1. The molecule has 0 saturated heterocycles. The number of hydrogen-bond donors (Lipinski definition) is 3. The summed E-state index contributed by atoms with van der Waals surface area (Å²) in [7, 11) is 1.88. The van der Waals surface area contributed by atoms with E-state index in [4.69, 9.17) is 14.0 Å². The highest BCUT2D eigenvalue weighted by Gasteiger charge is 2.32. The monoisotopic (exact) mass is 703 g/mol. The molecule has 50 heavy (non-hydrogen) atoms. The van der Waals surface area contributed by atoms with E-state index in [1.165, 1.54) is 12.1 Å². The number of aliphatic hydroxyl groups is 1. The van der Waals surface area contributed by atoms with E-state index in [9.17, 15) is 27.9 Å². The fourth-order valence-electron chi connectivity index (χ4n) is 5.88. The van der Waals surface area contributed by atoms with Crippen LogP contribution in [-0.2, 0) is 17.5 Å². The summed E-state index contributed by atoms with van der Waals surface area (Å²) >= 11 is 0. The van der Waals surface area contributed by atoms with E-state index in [1.54, 1.807) is 43.9 Å². The Morgan fingerprint density at radius 3 is 2.48 bits per heavy atom. The van der Waals surface area contributed by atoms with Gasteiger partial charge in [0.1, 0.15) is 17.1 Å². The van der Waals surface area contributed by atoms with E-state index in [0.717, 1.165) is 30.5 Å². The molecule has 1 aromatic heterocycles. The topological polar surface area (TPSA) is 129 Å². The summed E-state index contributed by atoms with van der Waals surface area (Å²) < 4.78 is 57.0. The lowest BCUT2D eigenvalue weighted by Crippen LogP contribution is -2.47. The van der Waals surface area contributed by atoms with Gasteiger partial charge in [-0.25, -0.2) is 4.79 Å². The van der Waals surface area contributed by atoms with Gasteiger partial charge in [0.25, 0.3) is 5.91 Å². The maximum absolute atomic E-state index is 14.4. The summed E-state index contributed by atoms with van der Waals surface area (Å²) in [5.74, 6) is 0.235.